The molecule has 0 aliphatic heterocycles. The van der Waals surface area contributed by atoms with E-state index in [2.05, 4.69) is 6.92 Å². The number of hydrogen-bond donors (Lipinski definition) is 0. The van der Waals surface area contributed by atoms with Gasteiger partial charge in [0.2, 0.25) is 0 Å². The van der Waals surface area contributed by atoms with Crippen molar-refractivity contribution in [3.8, 4) is 0 Å². The van der Waals surface area contributed by atoms with E-state index in [1.165, 1.54) is 55.5 Å². The minimum Gasteiger partial charge on any atom is -0.412 e. The summed E-state index contributed by atoms with van der Waals surface area (Å²) in [5.41, 5.74) is 0. The molecule has 0 radical (unpaired) electrons. The molecular weight excluding hydrogens is 227 g/mol. The molecule has 0 aromatic heterocycles. The van der Waals surface area contributed by atoms with Gasteiger partial charge in [0.1, 0.15) is 0 Å². The van der Waals surface area contributed by atoms with Crippen LogP contribution in [0.15, 0.2) is 0 Å². The first-order valence-electron chi connectivity index (χ1n) is 5.06. The second kappa shape index (κ2) is 14.4. The third-order valence-electron chi connectivity index (χ3n) is 2.03. The molecule has 1 nitrogen and oxygen atoms in total. The fraction of sp³-hybridized carbons (Fsp3) is 1.00. The standard InChI is InChI=1S/C10H21.H2O.Zr/c1-3-5-7-9-10-8-6-4-2;;/h1,3-10H2,2H3;1H2;. The molecule has 0 bridgehead atoms. The molecular formula is C10H23OZr. The van der Waals surface area contributed by atoms with Gasteiger partial charge >= 0.3 is 87.1 Å². The summed E-state index contributed by atoms with van der Waals surface area (Å²) in [4.78, 5) is 0. The van der Waals surface area contributed by atoms with Crippen LogP contribution < -0.4 is 0 Å². The molecule has 0 saturated carbocycles. The maximum Gasteiger partial charge on any atom is -0.412 e. The van der Waals surface area contributed by atoms with E-state index in [4.69, 9.17) is 0 Å². The molecule has 73 valence electrons. The Bertz CT molecular complexity index is 58.9. The molecule has 0 amide bonds. The third kappa shape index (κ3) is 13.4. The summed E-state index contributed by atoms with van der Waals surface area (Å²) >= 11 is 1.71. The third-order valence-corrected chi connectivity index (χ3v) is 2.90. The Labute approximate surface area is 92.5 Å². The van der Waals surface area contributed by atoms with Crippen LogP contribution >= 0.6 is 0 Å². The van der Waals surface area contributed by atoms with Crippen LogP contribution in [0.25, 0.3) is 0 Å². The average molecular weight is 251 g/mol. The Balaban J connectivity index is 0. The molecule has 2 N–H and O–H groups in total. The van der Waals surface area contributed by atoms with Gasteiger partial charge in [0.05, 0.1) is 0 Å². The smallest absolute Gasteiger partial charge is 0.412 e. The summed E-state index contributed by atoms with van der Waals surface area (Å²) in [5, 5.41) is 0. The van der Waals surface area contributed by atoms with Crippen LogP contribution in [-0.4, -0.2) is 5.48 Å². The molecule has 0 unspecified atom stereocenters. The van der Waals surface area contributed by atoms with Crippen molar-refractivity contribution in [3.63, 3.8) is 0 Å². The van der Waals surface area contributed by atoms with Crippen molar-refractivity contribution >= 4 is 0 Å². The number of unbranched alkanes of at least 4 members (excludes halogenated alkanes) is 7. The largest absolute Gasteiger partial charge is 0.412 e. The van der Waals surface area contributed by atoms with E-state index >= 15 is 0 Å². The summed E-state index contributed by atoms with van der Waals surface area (Å²) < 4.78 is 1.46. The fourth-order valence-corrected chi connectivity index (χ4v) is 1.87. The van der Waals surface area contributed by atoms with Gasteiger partial charge in [-0.05, 0) is 0 Å². The van der Waals surface area contributed by atoms with Gasteiger partial charge in [-0.15, -0.1) is 0 Å². The summed E-state index contributed by atoms with van der Waals surface area (Å²) in [6.45, 7) is 2.28. The molecule has 0 saturated heterocycles. The summed E-state index contributed by atoms with van der Waals surface area (Å²) in [6.07, 6.45) is 11.7. The second-order valence-corrected chi connectivity index (χ2v) is 4.45. The van der Waals surface area contributed by atoms with E-state index in [9.17, 15) is 0 Å². The first-order valence-corrected chi connectivity index (χ1v) is 6.80. The molecule has 0 atom stereocenters. The van der Waals surface area contributed by atoms with E-state index in [1.54, 1.807) is 24.7 Å². The first kappa shape index (κ1) is 15.3. The second-order valence-electron chi connectivity index (χ2n) is 3.22. The SMILES string of the molecule is CCCCCCCCC[CH2][Zr].O. The number of hydrogen-bond acceptors (Lipinski definition) is 0. The average Bonchev–Trinajstić information content (AvgIpc) is 2.03. The van der Waals surface area contributed by atoms with Crippen LogP contribution in [0.3, 0.4) is 0 Å². The molecule has 0 aliphatic carbocycles. The van der Waals surface area contributed by atoms with Crippen LogP contribution in [0.4, 0.5) is 0 Å². The van der Waals surface area contributed by atoms with Crippen molar-refractivity contribution < 1.29 is 30.2 Å². The fourth-order valence-electron chi connectivity index (χ4n) is 1.26. The molecule has 0 spiro atoms. The maximum absolute atomic E-state index is 2.28. The molecule has 0 aliphatic rings. The van der Waals surface area contributed by atoms with Crippen molar-refractivity contribution in [1.82, 2.24) is 0 Å². The van der Waals surface area contributed by atoms with E-state index in [0.29, 0.717) is 0 Å². The Morgan fingerprint density at radius 2 is 1.17 bits per heavy atom. The van der Waals surface area contributed by atoms with Crippen LogP contribution in [0.2, 0.25) is 4.13 Å². The monoisotopic (exact) mass is 249 g/mol. The summed E-state index contributed by atoms with van der Waals surface area (Å²) in [6, 6.07) is 0. The van der Waals surface area contributed by atoms with Gasteiger partial charge in [-0.1, -0.05) is 0 Å². The van der Waals surface area contributed by atoms with Gasteiger partial charge in [0, 0.05) is 0 Å². The Morgan fingerprint density at radius 3 is 1.58 bits per heavy atom. The van der Waals surface area contributed by atoms with Crippen molar-refractivity contribution in [2.45, 2.75) is 62.4 Å². The maximum atomic E-state index is 2.28. The van der Waals surface area contributed by atoms with Gasteiger partial charge in [0.25, 0.3) is 0 Å². The minimum atomic E-state index is 0. The normalized spacial score (nSPS) is 9.33. The topological polar surface area (TPSA) is 31.5 Å². The molecule has 0 fully saturated rings. The van der Waals surface area contributed by atoms with Gasteiger partial charge in [-0.3, -0.25) is 0 Å². The van der Waals surface area contributed by atoms with Crippen LogP contribution in [0.5, 0.6) is 0 Å². The zero-order valence-corrected chi connectivity index (χ0v) is 10.8. The molecule has 12 heavy (non-hydrogen) atoms. The van der Waals surface area contributed by atoms with Gasteiger partial charge < -0.3 is 5.48 Å². The Kier molecular flexibility index (Phi) is 18.3. The molecule has 2 heteroatoms. The molecule has 0 rings (SSSR count). The van der Waals surface area contributed by atoms with Crippen LogP contribution in [-0.2, 0) is 24.7 Å². The van der Waals surface area contributed by atoms with Gasteiger partial charge in [-0.2, -0.15) is 0 Å². The van der Waals surface area contributed by atoms with Crippen LogP contribution in [0.1, 0.15) is 58.3 Å². The summed E-state index contributed by atoms with van der Waals surface area (Å²) in [7, 11) is 0. The first-order chi connectivity index (χ1) is 5.41. The molecule has 0 aromatic rings. The van der Waals surface area contributed by atoms with E-state index in [0.717, 1.165) is 0 Å². The van der Waals surface area contributed by atoms with Crippen molar-refractivity contribution in [2.75, 3.05) is 0 Å². The van der Waals surface area contributed by atoms with Crippen LogP contribution in [0, 0.1) is 0 Å². The quantitative estimate of drug-likeness (QED) is 0.592. The van der Waals surface area contributed by atoms with Gasteiger partial charge in [0.15, 0.2) is 0 Å². The van der Waals surface area contributed by atoms with Gasteiger partial charge in [-0.25, -0.2) is 0 Å². The van der Waals surface area contributed by atoms with Crippen molar-refractivity contribution in [1.29, 1.82) is 0 Å². The zero-order valence-electron chi connectivity index (χ0n) is 8.36. The predicted octanol–water partition coefficient (Wildman–Crippen LogP) is 3.27. The van der Waals surface area contributed by atoms with E-state index in [-0.39, 0.29) is 5.48 Å². The Morgan fingerprint density at radius 1 is 0.750 bits per heavy atom. The Hall–Kier alpha value is 0.843. The number of rotatable bonds is 8. The van der Waals surface area contributed by atoms with Crippen molar-refractivity contribution in [3.05, 3.63) is 0 Å². The van der Waals surface area contributed by atoms with E-state index in [1.807, 2.05) is 0 Å². The predicted molar refractivity (Wildman–Crippen MR) is 51.0 cm³/mol. The molecule has 0 heterocycles. The summed E-state index contributed by atoms with van der Waals surface area (Å²) in [5.74, 6) is 0. The minimum absolute atomic E-state index is 0. The zero-order chi connectivity index (χ0) is 8.36. The molecule has 0 aromatic carbocycles. The van der Waals surface area contributed by atoms with E-state index < -0.39 is 0 Å². The van der Waals surface area contributed by atoms with Crippen molar-refractivity contribution in [2.24, 2.45) is 0 Å².